The smallest absolute Gasteiger partial charge is 0.258 e. The Kier molecular flexibility index (Phi) is 4.73. The molecule has 0 saturated heterocycles. The number of fused-ring (bicyclic) bond motifs is 1. The number of hydrogen-bond donors (Lipinski definition) is 0. The Labute approximate surface area is 154 Å². The maximum atomic E-state index is 12.7. The van der Waals surface area contributed by atoms with E-state index in [-0.39, 0.29) is 11.6 Å². The number of rotatable bonds is 4. The number of carbonyl (C=O) groups excluding carboxylic acids is 2. The summed E-state index contributed by atoms with van der Waals surface area (Å²) in [6, 6.07) is 6.00. The van der Waals surface area contributed by atoms with Gasteiger partial charge in [0, 0.05) is 22.8 Å². The first-order valence-corrected chi connectivity index (χ1v) is 8.83. The molecule has 0 bridgehead atoms. The summed E-state index contributed by atoms with van der Waals surface area (Å²) in [6.07, 6.45) is 1.64. The van der Waals surface area contributed by atoms with Gasteiger partial charge in [-0.25, -0.2) is 4.79 Å². The molecular weight excluding hydrogens is 356 g/mol. The second-order valence-corrected chi connectivity index (χ2v) is 7.07. The fourth-order valence-corrected chi connectivity index (χ4v) is 4.03. The van der Waals surface area contributed by atoms with Gasteiger partial charge in [-0.05, 0) is 18.1 Å². The van der Waals surface area contributed by atoms with Crippen LogP contribution in [0.4, 0.5) is 10.5 Å². The van der Waals surface area contributed by atoms with Gasteiger partial charge < -0.3 is 0 Å². The number of dihydropyridines is 1. The third-order valence-electron chi connectivity index (χ3n) is 4.31. The van der Waals surface area contributed by atoms with Gasteiger partial charge in [-0.3, -0.25) is 14.9 Å². The van der Waals surface area contributed by atoms with Crippen molar-refractivity contribution in [3.8, 4) is 0 Å². The molecule has 2 heterocycles. The van der Waals surface area contributed by atoms with Crippen LogP contribution in [0.1, 0.15) is 12.5 Å². The van der Waals surface area contributed by atoms with E-state index >= 15 is 0 Å². The highest BCUT2D eigenvalue weighted by atomic mass is 32.2. The van der Waals surface area contributed by atoms with Gasteiger partial charge in [0.1, 0.15) is 6.21 Å². The third-order valence-corrected chi connectivity index (χ3v) is 5.66. The molecular formula is C17H17N4O4S+. The van der Waals surface area contributed by atoms with Crippen LogP contribution >= 0.6 is 11.8 Å². The number of hydrogen-bond acceptors (Lipinski definition) is 6. The Morgan fingerprint density at radius 3 is 2.81 bits per heavy atom. The number of non-ortho nitro benzene ring substituents is 1. The average molecular weight is 373 g/mol. The second-order valence-electron chi connectivity index (χ2n) is 6.05. The van der Waals surface area contributed by atoms with Crippen LogP contribution in [0.3, 0.4) is 0 Å². The number of nitrogens with zero attached hydrogens (tertiary/aromatic N) is 4. The van der Waals surface area contributed by atoms with Crippen molar-refractivity contribution >= 4 is 41.4 Å². The van der Waals surface area contributed by atoms with Gasteiger partial charge in [0.05, 0.1) is 19.0 Å². The average Bonchev–Trinajstić information content (AvgIpc) is 2.63. The van der Waals surface area contributed by atoms with Crippen LogP contribution in [0.2, 0.25) is 0 Å². The quantitative estimate of drug-likeness (QED) is 0.459. The maximum absolute atomic E-state index is 12.7. The Morgan fingerprint density at radius 1 is 1.38 bits per heavy atom. The molecule has 1 aromatic carbocycles. The van der Waals surface area contributed by atoms with Crippen molar-refractivity contribution < 1.29 is 19.1 Å². The normalized spacial score (nSPS) is 20.0. The standard InChI is InChI=1S/C17H17N4O4S/c1-10-8-18-15-13(16(22)20(3)17(23)19(15)2)14(10)26-9-11-5-4-6-12(7-11)21(24)25/h4-8,13H,9H2,1-3H3/q+1. The van der Waals surface area contributed by atoms with E-state index in [9.17, 15) is 19.7 Å². The number of amidine groups is 1. The summed E-state index contributed by atoms with van der Waals surface area (Å²) in [5.74, 6) is -0.0665. The summed E-state index contributed by atoms with van der Waals surface area (Å²) in [5, 5.41) is 10.9. The van der Waals surface area contributed by atoms with Crippen molar-refractivity contribution in [2.45, 2.75) is 12.7 Å². The van der Waals surface area contributed by atoms with Gasteiger partial charge >= 0.3 is 11.9 Å². The second kappa shape index (κ2) is 6.83. The van der Waals surface area contributed by atoms with E-state index in [1.54, 1.807) is 19.3 Å². The molecule has 9 heteroatoms. The number of thioether (sulfide) groups is 1. The molecule has 0 N–H and O–H groups in total. The zero-order valence-electron chi connectivity index (χ0n) is 14.5. The molecule has 1 unspecified atom stereocenters. The van der Waals surface area contributed by atoms with Crippen LogP contribution in [0, 0.1) is 16.0 Å². The Bertz CT molecular complexity index is 919. The first-order chi connectivity index (χ1) is 12.3. The molecule has 0 saturated carbocycles. The number of urea groups is 1. The van der Waals surface area contributed by atoms with Crippen LogP contribution in [-0.2, 0) is 10.5 Å². The van der Waals surface area contributed by atoms with Gasteiger partial charge in [0.25, 0.3) is 11.5 Å². The first kappa shape index (κ1) is 18.0. The SMILES string of the molecule is CC1=C(SCc2cccc([N+](=O)[O-])c2)C2C(=O)N(C)C(=O)[N+](C)=C2N=C1. The van der Waals surface area contributed by atoms with E-state index in [2.05, 4.69) is 4.99 Å². The molecule has 3 rings (SSSR count). The minimum atomic E-state index is -0.628. The lowest BCUT2D eigenvalue weighted by molar-refractivity contribution is -0.407. The monoisotopic (exact) mass is 373 g/mol. The Morgan fingerprint density at radius 2 is 2.12 bits per heavy atom. The number of aliphatic imine (C=N–C) groups is 1. The van der Waals surface area contributed by atoms with E-state index in [0.717, 1.165) is 20.9 Å². The molecule has 0 aromatic heterocycles. The summed E-state index contributed by atoms with van der Waals surface area (Å²) in [4.78, 5) is 41.5. The largest absolute Gasteiger partial charge is 0.445 e. The maximum Gasteiger partial charge on any atom is 0.445 e. The lowest BCUT2D eigenvalue weighted by Crippen LogP contribution is -2.52. The van der Waals surface area contributed by atoms with Crippen LogP contribution in [0.15, 0.2) is 39.7 Å². The molecule has 2 aliphatic heterocycles. The summed E-state index contributed by atoms with van der Waals surface area (Å²) in [5.41, 5.74) is 1.67. The summed E-state index contributed by atoms with van der Waals surface area (Å²) < 4.78 is 1.38. The molecule has 0 radical (unpaired) electrons. The van der Waals surface area contributed by atoms with Gasteiger partial charge in [-0.2, -0.15) is 9.48 Å². The number of benzene rings is 1. The lowest BCUT2D eigenvalue weighted by Gasteiger charge is -2.27. The molecule has 1 aromatic rings. The zero-order chi connectivity index (χ0) is 19.0. The summed E-state index contributed by atoms with van der Waals surface area (Å²) in [6.45, 7) is 1.86. The number of imide groups is 1. The van der Waals surface area contributed by atoms with E-state index in [1.165, 1.54) is 35.5 Å². The number of allylic oxidation sites excluding steroid dienone is 1. The van der Waals surface area contributed by atoms with Crippen LogP contribution in [0.5, 0.6) is 0 Å². The summed E-state index contributed by atoms with van der Waals surface area (Å²) >= 11 is 1.43. The van der Waals surface area contributed by atoms with E-state index < -0.39 is 16.9 Å². The predicted octanol–water partition coefficient (Wildman–Crippen LogP) is 2.44. The fraction of sp³-hybridized carbons (Fsp3) is 0.294. The summed E-state index contributed by atoms with van der Waals surface area (Å²) in [7, 11) is 3.04. The van der Waals surface area contributed by atoms with Gasteiger partial charge in [-0.1, -0.05) is 12.1 Å². The molecule has 3 amide bonds. The number of amides is 3. The number of nitro benzene ring substituents is 1. The highest BCUT2D eigenvalue weighted by Gasteiger charge is 2.47. The fourth-order valence-electron chi connectivity index (χ4n) is 2.88. The minimum absolute atomic E-state index is 0.0325. The molecule has 0 fully saturated rings. The minimum Gasteiger partial charge on any atom is -0.258 e. The Balaban J connectivity index is 1.91. The van der Waals surface area contributed by atoms with E-state index in [0.29, 0.717) is 11.6 Å². The number of carbonyl (C=O) groups is 2. The lowest BCUT2D eigenvalue weighted by atomic mass is 9.99. The van der Waals surface area contributed by atoms with Crippen LogP contribution in [0.25, 0.3) is 0 Å². The highest BCUT2D eigenvalue weighted by molar-refractivity contribution is 8.02. The molecule has 134 valence electrons. The Hall–Kier alpha value is -2.81. The van der Waals surface area contributed by atoms with Crippen molar-refractivity contribution in [3.63, 3.8) is 0 Å². The predicted molar refractivity (Wildman–Crippen MR) is 98.4 cm³/mol. The van der Waals surface area contributed by atoms with E-state index in [4.69, 9.17) is 0 Å². The van der Waals surface area contributed by atoms with Crippen molar-refractivity contribution in [2.24, 2.45) is 10.9 Å². The van der Waals surface area contributed by atoms with Gasteiger partial charge in [0.15, 0.2) is 5.92 Å². The number of nitro groups is 1. The molecule has 0 aliphatic carbocycles. The first-order valence-electron chi connectivity index (χ1n) is 7.84. The van der Waals surface area contributed by atoms with Gasteiger partial charge in [0.2, 0.25) is 0 Å². The van der Waals surface area contributed by atoms with Crippen molar-refractivity contribution in [1.82, 2.24) is 4.90 Å². The zero-order valence-corrected chi connectivity index (χ0v) is 15.3. The molecule has 0 spiro atoms. The topological polar surface area (TPSA) is 95.9 Å². The molecule has 2 aliphatic rings. The van der Waals surface area contributed by atoms with E-state index in [1.807, 2.05) is 13.0 Å². The van der Waals surface area contributed by atoms with Crippen molar-refractivity contribution in [3.05, 3.63) is 50.4 Å². The van der Waals surface area contributed by atoms with Gasteiger partial charge in [-0.15, -0.1) is 16.8 Å². The highest BCUT2D eigenvalue weighted by Crippen LogP contribution is 2.36. The molecule has 8 nitrogen and oxygen atoms in total. The van der Waals surface area contributed by atoms with Crippen molar-refractivity contribution in [2.75, 3.05) is 14.1 Å². The third kappa shape index (κ3) is 3.05. The van der Waals surface area contributed by atoms with Crippen molar-refractivity contribution in [1.29, 1.82) is 0 Å². The van der Waals surface area contributed by atoms with Crippen LogP contribution < -0.4 is 0 Å². The van der Waals surface area contributed by atoms with Crippen LogP contribution in [-0.4, -0.2) is 52.5 Å². The molecule has 1 atom stereocenters. The molecule has 26 heavy (non-hydrogen) atoms.